The van der Waals surface area contributed by atoms with E-state index in [1.54, 1.807) is 0 Å². The maximum Gasteiger partial charge on any atom is 0.178 e. The number of hydrogen-bond donors (Lipinski definition) is 1. The SMILES string of the molecule is Cc1ccc2c(c1)[nH]c(=S)n2CCOCCN(C)C. The Morgan fingerprint density at radius 2 is 2.11 bits per heavy atom. The predicted molar refractivity (Wildman–Crippen MR) is 81.2 cm³/mol. The van der Waals surface area contributed by atoms with Gasteiger partial charge in [-0.25, -0.2) is 0 Å². The molecule has 1 aromatic carbocycles. The second kappa shape index (κ2) is 6.32. The highest BCUT2D eigenvalue weighted by atomic mass is 32.1. The summed E-state index contributed by atoms with van der Waals surface area (Å²) in [6.45, 7) is 5.25. The molecule has 0 atom stereocenters. The predicted octanol–water partition coefficient (Wildman–Crippen LogP) is 2.59. The van der Waals surface area contributed by atoms with Gasteiger partial charge >= 0.3 is 0 Å². The Kier molecular flexibility index (Phi) is 4.74. The minimum absolute atomic E-state index is 0.684. The summed E-state index contributed by atoms with van der Waals surface area (Å²) in [4.78, 5) is 5.35. The monoisotopic (exact) mass is 279 g/mol. The number of rotatable bonds is 6. The third kappa shape index (κ3) is 3.65. The number of imidazole rings is 1. The highest BCUT2D eigenvalue weighted by molar-refractivity contribution is 7.71. The molecule has 1 aromatic heterocycles. The van der Waals surface area contributed by atoms with Crippen molar-refractivity contribution in [3.8, 4) is 0 Å². The van der Waals surface area contributed by atoms with E-state index in [1.807, 2.05) is 14.1 Å². The van der Waals surface area contributed by atoms with Crippen molar-refractivity contribution in [3.63, 3.8) is 0 Å². The lowest BCUT2D eigenvalue weighted by atomic mass is 10.2. The van der Waals surface area contributed by atoms with Gasteiger partial charge in [-0.3, -0.25) is 0 Å². The van der Waals surface area contributed by atoms with Crippen LogP contribution >= 0.6 is 12.2 Å². The molecule has 19 heavy (non-hydrogen) atoms. The molecule has 0 aliphatic carbocycles. The van der Waals surface area contributed by atoms with E-state index in [4.69, 9.17) is 17.0 Å². The maximum absolute atomic E-state index is 5.62. The Labute approximate surface area is 119 Å². The molecule has 0 spiro atoms. The number of fused-ring (bicyclic) bond motifs is 1. The van der Waals surface area contributed by atoms with Gasteiger partial charge in [0.25, 0.3) is 0 Å². The highest BCUT2D eigenvalue weighted by Gasteiger charge is 2.04. The Balaban J connectivity index is 2.00. The lowest BCUT2D eigenvalue weighted by Crippen LogP contribution is -2.19. The quantitative estimate of drug-likeness (QED) is 0.652. The molecular weight excluding hydrogens is 258 g/mol. The lowest BCUT2D eigenvalue weighted by molar-refractivity contribution is 0.111. The van der Waals surface area contributed by atoms with E-state index in [0.29, 0.717) is 6.61 Å². The maximum atomic E-state index is 5.62. The molecule has 0 amide bonds. The molecule has 0 saturated heterocycles. The molecule has 0 unspecified atom stereocenters. The molecule has 1 N–H and O–H groups in total. The second-order valence-corrected chi connectivity index (χ2v) is 5.40. The fourth-order valence-electron chi connectivity index (χ4n) is 2.00. The summed E-state index contributed by atoms with van der Waals surface area (Å²) < 4.78 is 8.48. The number of likely N-dealkylation sites (N-methyl/N-ethyl adjacent to an activating group) is 1. The zero-order valence-electron chi connectivity index (χ0n) is 11.8. The van der Waals surface area contributed by atoms with Crippen LogP contribution in [0.25, 0.3) is 11.0 Å². The van der Waals surface area contributed by atoms with E-state index in [2.05, 4.69) is 39.6 Å². The van der Waals surface area contributed by atoms with Crippen LogP contribution in [0.3, 0.4) is 0 Å². The highest BCUT2D eigenvalue weighted by Crippen LogP contribution is 2.15. The number of benzene rings is 1. The first-order valence-corrected chi connectivity index (χ1v) is 6.90. The first-order chi connectivity index (χ1) is 9.08. The summed E-state index contributed by atoms with van der Waals surface area (Å²) in [5.74, 6) is 0. The number of aromatic amines is 1. The smallest absolute Gasteiger partial charge is 0.178 e. The van der Waals surface area contributed by atoms with Crippen molar-refractivity contribution in [1.82, 2.24) is 14.5 Å². The third-order valence-electron chi connectivity index (χ3n) is 3.07. The van der Waals surface area contributed by atoms with Crippen molar-refractivity contribution in [2.75, 3.05) is 33.9 Å². The molecule has 5 heteroatoms. The van der Waals surface area contributed by atoms with Crippen LogP contribution in [0, 0.1) is 11.7 Å². The Bertz CT molecular complexity index is 600. The van der Waals surface area contributed by atoms with Gasteiger partial charge in [-0.2, -0.15) is 0 Å². The molecule has 0 radical (unpaired) electrons. The van der Waals surface area contributed by atoms with Gasteiger partial charge < -0.3 is 19.2 Å². The van der Waals surface area contributed by atoms with E-state index in [1.165, 1.54) is 5.56 Å². The van der Waals surface area contributed by atoms with Crippen LogP contribution in [-0.4, -0.2) is 48.3 Å². The summed E-state index contributed by atoms with van der Waals surface area (Å²) in [6, 6.07) is 6.33. The first-order valence-electron chi connectivity index (χ1n) is 6.49. The minimum Gasteiger partial charge on any atom is -0.378 e. The van der Waals surface area contributed by atoms with E-state index in [-0.39, 0.29) is 0 Å². The molecule has 0 saturated carbocycles. The van der Waals surface area contributed by atoms with E-state index >= 15 is 0 Å². The second-order valence-electron chi connectivity index (χ2n) is 5.02. The van der Waals surface area contributed by atoms with Crippen molar-refractivity contribution < 1.29 is 4.74 Å². The fraction of sp³-hybridized carbons (Fsp3) is 0.500. The third-order valence-corrected chi connectivity index (χ3v) is 3.39. The standard InChI is InChI=1S/C14H21N3OS/c1-11-4-5-13-12(10-11)15-14(19)17(13)7-9-18-8-6-16(2)3/h4-5,10H,6-9H2,1-3H3,(H,15,19). The van der Waals surface area contributed by atoms with Gasteiger partial charge in [-0.1, -0.05) is 6.07 Å². The average Bonchev–Trinajstić information content (AvgIpc) is 2.64. The number of nitrogens with one attached hydrogen (secondary N) is 1. The average molecular weight is 279 g/mol. The van der Waals surface area contributed by atoms with Gasteiger partial charge in [0.2, 0.25) is 0 Å². The molecular formula is C14H21N3OS. The Morgan fingerprint density at radius 3 is 2.84 bits per heavy atom. The van der Waals surface area contributed by atoms with Crippen molar-refractivity contribution in [2.45, 2.75) is 13.5 Å². The van der Waals surface area contributed by atoms with Crippen LogP contribution < -0.4 is 0 Å². The van der Waals surface area contributed by atoms with Crippen LogP contribution in [0.5, 0.6) is 0 Å². The molecule has 1 heterocycles. The van der Waals surface area contributed by atoms with Crippen molar-refractivity contribution in [3.05, 3.63) is 28.5 Å². The molecule has 2 aromatic rings. The molecule has 0 bridgehead atoms. The Hall–Kier alpha value is -1.17. The summed E-state index contributed by atoms with van der Waals surface area (Å²) in [6.07, 6.45) is 0. The van der Waals surface area contributed by atoms with Gasteiger partial charge in [-0.05, 0) is 50.9 Å². The number of H-pyrrole nitrogens is 1. The van der Waals surface area contributed by atoms with Gasteiger partial charge in [0.15, 0.2) is 4.77 Å². The zero-order chi connectivity index (χ0) is 13.8. The lowest BCUT2D eigenvalue weighted by Gasteiger charge is -2.10. The van der Waals surface area contributed by atoms with Crippen LogP contribution in [0.2, 0.25) is 0 Å². The molecule has 104 valence electrons. The first kappa shape index (κ1) is 14.2. The van der Waals surface area contributed by atoms with Crippen molar-refractivity contribution in [1.29, 1.82) is 0 Å². The number of aromatic nitrogens is 2. The number of ether oxygens (including phenoxy) is 1. The molecule has 2 rings (SSSR count). The van der Waals surface area contributed by atoms with Crippen molar-refractivity contribution >= 4 is 23.3 Å². The molecule has 0 aliphatic heterocycles. The summed E-state index contributed by atoms with van der Waals surface area (Å²) >= 11 is 5.36. The van der Waals surface area contributed by atoms with Crippen LogP contribution in [0.4, 0.5) is 0 Å². The minimum atomic E-state index is 0.684. The summed E-state index contributed by atoms with van der Waals surface area (Å²) in [5.41, 5.74) is 3.48. The Morgan fingerprint density at radius 1 is 1.32 bits per heavy atom. The van der Waals surface area contributed by atoms with E-state index in [9.17, 15) is 0 Å². The number of hydrogen-bond acceptors (Lipinski definition) is 3. The van der Waals surface area contributed by atoms with Crippen LogP contribution in [0.15, 0.2) is 18.2 Å². The fourth-order valence-corrected chi connectivity index (χ4v) is 2.30. The van der Waals surface area contributed by atoms with Gasteiger partial charge in [-0.15, -0.1) is 0 Å². The molecule has 0 fully saturated rings. The van der Waals surface area contributed by atoms with Gasteiger partial charge in [0.05, 0.1) is 24.2 Å². The number of aryl methyl sites for hydroxylation is 1. The van der Waals surface area contributed by atoms with Crippen molar-refractivity contribution in [2.24, 2.45) is 0 Å². The molecule has 4 nitrogen and oxygen atoms in total. The zero-order valence-corrected chi connectivity index (χ0v) is 12.6. The van der Waals surface area contributed by atoms with Crippen LogP contribution in [0.1, 0.15) is 5.56 Å². The van der Waals surface area contributed by atoms with Crippen LogP contribution in [-0.2, 0) is 11.3 Å². The summed E-state index contributed by atoms with van der Waals surface area (Å²) in [7, 11) is 4.09. The number of nitrogens with zero attached hydrogens (tertiary/aromatic N) is 2. The largest absolute Gasteiger partial charge is 0.378 e. The van der Waals surface area contributed by atoms with E-state index in [0.717, 1.165) is 35.5 Å². The molecule has 0 aliphatic rings. The normalized spacial score (nSPS) is 11.6. The van der Waals surface area contributed by atoms with E-state index < -0.39 is 0 Å². The topological polar surface area (TPSA) is 33.2 Å². The van der Waals surface area contributed by atoms with Gasteiger partial charge in [0, 0.05) is 13.1 Å². The van der Waals surface area contributed by atoms with Gasteiger partial charge in [0.1, 0.15) is 0 Å². The summed E-state index contributed by atoms with van der Waals surface area (Å²) in [5, 5.41) is 0.